The molecule has 20 heavy (non-hydrogen) atoms. The maximum atomic E-state index is 5.72. The molecule has 0 aliphatic heterocycles. The monoisotopic (exact) mass is 405 g/mol. The van der Waals surface area contributed by atoms with Crippen molar-refractivity contribution in [1.82, 2.24) is 5.32 Å². The lowest BCUT2D eigenvalue weighted by Crippen LogP contribution is -2.14. The Balaban J connectivity index is 2.89. The van der Waals surface area contributed by atoms with Gasteiger partial charge in [-0.25, -0.2) is 0 Å². The maximum Gasteiger partial charge on any atom is 0.175 e. The summed E-state index contributed by atoms with van der Waals surface area (Å²) in [6.45, 7) is 10.7. The Bertz CT molecular complexity index is 450. The summed E-state index contributed by atoms with van der Waals surface area (Å²) in [5.74, 6) is 1.47. The highest BCUT2D eigenvalue weighted by Crippen LogP contribution is 2.37. The maximum absolute atomic E-state index is 5.72. The summed E-state index contributed by atoms with van der Waals surface area (Å²) in [6.07, 6.45) is 1.12. The van der Waals surface area contributed by atoms with Crippen molar-refractivity contribution in [3.05, 3.63) is 33.2 Å². The molecule has 0 saturated carbocycles. The zero-order valence-corrected chi connectivity index (χ0v) is 15.1. The van der Waals surface area contributed by atoms with Gasteiger partial charge in [-0.3, -0.25) is 0 Å². The van der Waals surface area contributed by atoms with E-state index in [1.165, 1.54) is 5.56 Å². The van der Waals surface area contributed by atoms with Crippen LogP contribution in [-0.4, -0.2) is 19.8 Å². The van der Waals surface area contributed by atoms with Gasteiger partial charge in [0.2, 0.25) is 0 Å². The summed E-state index contributed by atoms with van der Waals surface area (Å²) >= 11 is 6.84. The molecule has 0 aromatic heterocycles. The first kappa shape index (κ1) is 17.5. The summed E-state index contributed by atoms with van der Waals surface area (Å²) in [5, 5.41) is 3.38. The first-order valence-electron chi connectivity index (χ1n) is 6.70. The molecule has 1 N–H and O–H groups in total. The highest BCUT2D eigenvalue weighted by molar-refractivity contribution is 9.11. The minimum absolute atomic E-state index is 0.409. The van der Waals surface area contributed by atoms with Crippen LogP contribution in [0, 0.1) is 0 Å². The number of nitrogens with one attached hydrogen (secondary N) is 1. The average Bonchev–Trinajstić information content (AvgIpc) is 2.38. The van der Waals surface area contributed by atoms with Crippen LogP contribution in [0.1, 0.15) is 25.8 Å². The van der Waals surface area contributed by atoms with Crippen molar-refractivity contribution in [3.63, 3.8) is 0 Å². The van der Waals surface area contributed by atoms with Crippen LogP contribution in [0.2, 0.25) is 0 Å². The number of hydrogen-bond donors (Lipinski definition) is 1. The molecular formula is C15H21Br2NO2. The van der Waals surface area contributed by atoms with E-state index in [4.69, 9.17) is 9.47 Å². The van der Waals surface area contributed by atoms with E-state index in [0.29, 0.717) is 19.0 Å². The third-order valence-electron chi connectivity index (χ3n) is 2.50. The summed E-state index contributed by atoms with van der Waals surface area (Å²) < 4.78 is 13.1. The molecule has 0 heterocycles. The van der Waals surface area contributed by atoms with Crippen molar-refractivity contribution in [3.8, 4) is 11.5 Å². The van der Waals surface area contributed by atoms with Crippen LogP contribution >= 0.6 is 31.9 Å². The van der Waals surface area contributed by atoms with Gasteiger partial charge in [-0.1, -0.05) is 29.4 Å². The molecule has 1 aromatic carbocycles. The van der Waals surface area contributed by atoms with Gasteiger partial charge in [0.1, 0.15) is 6.61 Å². The van der Waals surface area contributed by atoms with Crippen LogP contribution in [0.3, 0.4) is 0 Å². The summed E-state index contributed by atoms with van der Waals surface area (Å²) in [7, 11) is 0. The molecule has 1 aromatic rings. The molecule has 0 bridgehead atoms. The second-order valence-electron chi connectivity index (χ2n) is 4.32. The standard InChI is InChI=1S/C15H21Br2NO2/c1-4-6-18-9-12-7-13(17)15(20-10-11(3)16)14(8-12)19-5-2/h7-8,18H,3-6,9-10H2,1-2H3. The Labute approximate surface area is 138 Å². The molecule has 0 fully saturated rings. The van der Waals surface area contributed by atoms with Crippen LogP contribution in [0.5, 0.6) is 11.5 Å². The molecule has 0 atom stereocenters. The number of benzene rings is 1. The molecule has 0 spiro atoms. The molecule has 1 rings (SSSR count). The van der Waals surface area contributed by atoms with E-state index in [-0.39, 0.29) is 0 Å². The molecule has 0 amide bonds. The summed E-state index contributed by atoms with van der Waals surface area (Å²) in [6, 6.07) is 4.07. The first-order chi connectivity index (χ1) is 9.58. The van der Waals surface area contributed by atoms with E-state index >= 15 is 0 Å². The van der Waals surface area contributed by atoms with Gasteiger partial charge in [0.15, 0.2) is 11.5 Å². The molecule has 112 valence electrons. The molecule has 0 aliphatic rings. The lowest BCUT2D eigenvalue weighted by Gasteiger charge is -2.15. The van der Waals surface area contributed by atoms with Gasteiger partial charge in [0.05, 0.1) is 11.1 Å². The van der Waals surface area contributed by atoms with Crippen molar-refractivity contribution in [2.45, 2.75) is 26.8 Å². The van der Waals surface area contributed by atoms with Gasteiger partial charge in [0, 0.05) is 11.0 Å². The van der Waals surface area contributed by atoms with Crippen LogP contribution < -0.4 is 14.8 Å². The van der Waals surface area contributed by atoms with Crippen LogP contribution in [0.15, 0.2) is 27.7 Å². The Hall–Kier alpha value is -0.520. The minimum Gasteiger partial charge on any atom is -0.490 e. The van der Waals surface area contributed by atoms with Crippen molar-refractivity contribution < 1.29 is 9.47 Å². The Kier molecular flexibility index (Phi) is 8.26. The van der Waals surface area contributed by atoms with E-state index in [1.54, 1.807) is 0 Å². The number of halogens is 2. The minimum atomic E-state index is 0.409. The second kappa shape index (κ2) is 9.42. The zero-order chi connectivity index (χ0) is 15.0. The van der Waals surface area contributed by atoms with E-state index < -0.39 is 0 Å². The number of ether oxygens (including phenoxy) is 2. The second-order valence-corrected chi connectivity index (χ2v) is 6.30. The molecule has 0 radical (unpaired) electrons. The fourth-order valence-electron chi connectivity index (χ4n) is 1.69. The molecule has 0 aliphatic carbocycles. The van der Waals surface area contributed by atoms with E-state index in [2.05, 4.69) is 56.7 Å². The van der Waals surface area contributed by atoms with Gasteiger partial charge in [-0.2, -0.15) is 0 Å². The highest BCUT2D eigenvalue weighted by Gasteiger charge is 2.12. The molecule has 5 heteroatoms. The third-order valence-corrected chi connectivity index (χ3v) is 3.32. The van der Waals surface area contributed by atoms with Gasteiger partial charge >= 0.3 is 0 Å². The Morgan fingerprint density at radius 2 is 2.05 bits per heavy atom. The SMILES string of the molecule is C=C(Br)COc1c(Br)cc(CNCCC)cc1OCC. The zero-order valence-electron chi connectivity index (χ0n) is 12.0. The smallest absolute Gasteiger partial charge is 0.175 e. The van der Waals surface area contributed by atoms with Crippen molar-refractivity contribution >= 4 is 31.9 Å². The van der Waals surface area contributed by atoms with Crippen LogP contribution in [-0.2, 0) is 6.54 Å². The lowest BCUT2D eigenvalue weighted by atomic mass is 10.2. The van der Waals surface area contributed by atoms with Crippen LogP contribution in [0.25, 0.3) is 0 Å². The predicted molar refractivity (Wildman–Crippen MR) is 90.9 cm³/mol. The Morgan fingerprint density at radius 3 is 2.65 bits per heavy atom. The fourth-order valence-corrected chi connectivity index (χ4v) is 2.40. The van der Waals surface area contributed by atoms with Gasteiger partial charge in [-0.15, -0.1) is 0 Å². The highest BCUT2D eigenvalue weighted by atomic mass is 79.9. The quantitative estimate of drug-likeness (QED) is 0.606. The largest absolute Gasteiger partial charge is 0.490 e. The van der Waals surface area contributed by atoms with Gasteiger partial charge in [0.25, 0.3) is 0 Å². The van der Waals surface area contributed by atoms with Crippen molar-refractivity contribution in [1.29, 1.82) is 0 Å². The molecule has 0 saturated heterocycles. The third kappa shape index (κ3) is 5.85. The summed E-state index contributed by atoms with van der Waals surface area (Å²) in [4.78, 5) is 0. The van der Waals surface area contributed by atoms with E-state index in [1.807, 2.05) is 13.0 Å². The van der Waals surface area contributed by atoms with Gasteiger partial charge < -0.3 is 14.8 Å². The molecule has 0 unspecified atom stereocenters. The van der Waals surface area contributed by atoms with E-state index in [9.17, 15) is 0 Å². The predicted octanol–water partition coefficient (Wildman–Crippen LogP) is 4.63. The molecule has 3 nitrogen and oxygen atoms in total. The number of hydrogen-bond acceptors (Lipinski definition) is 3. The van der Waals surface area contributed by atoms with Gasteiger partial charge in [-0.05, 0) is 53.5 Å². The topological polar surface area (TPSA) is 30.5 Å². The summed E-state index contributed by atoms with van der Waals surface area (Å²) in [5.41, 5.74) is 1.17. The van der Waals surface area contributed by atoms with Crippen molar-refractivity contribution in [2.24, 2.45) is 0 Å². The molecular weight excluding hydrogens is 386 g/mol. The van der Waals surface area contributed by atoms with Crippen molar-refractivity contribution in [2.75, 3.05) is 19.8 Å². The Morgan fingerprint density at radius 1 is 1.30 bits per heavy atom. The normalized spacial score (nSPS) is 10.4. The lowest BCUT2D eigenvalue weighted by molar-refractivity contribution is 0.294. The fraction of sp³-hybridized carbons (Fsp3) is 0.467. The van der Waals surface area contributed by atoms with Crippen LogP contribution in [0.4, 0.5) is 0 Å². The van der Waals surface area contributed by atoms with E-state index in [0.717, 1.165) is 34.2 Å². The first-order valence-corrected chi connectivity index (χ1v) is 8.29. The average molecular weight is 407 g/mol. The number of rotatable bonds is 9.